The van der Waals surface area contributed by atoms with Gasteiger partial charge in [0.15, 0.2) is 5.78 Å². The Morgan fingerprint density at radius 3 is 2.34 bits per heavy atom. The van der Waals surface area contributed by atoms with Gasteiger partial charge in [-0.05, 0) is 64.2 Å². The van der Waals surface area contributed by atoms with Gasteiger partial charge in [0, 0.05) is 23.7 Å². The number of amides is 1. The van der Waals surface area contributed by atoms with E-state index in [2.05, 4.69) is 0 Å². The van der Waals surface area contributed by atoms with Crippen LogP contribution in [0.1, 0.15) is 68.4 Å². The van der Waals surface area contributed by atoms with Crippen LogP contribution < -0.4 is 5.48 Å². The molecule has 1 saturated heterocycles. The second-order valence-corrected chi connectivity index (χ2v) is 12.9. The Balaban J connectivity index is 1.68. The van der Waals surface area contributed by atoms with Crippen LogP contribution in [0.5, 0.6) is 0 Å². The second-order valence-electron chi connectivity index (χ2n) is 10.8. The Hall–Kier alpha value is -2.73. The molecular weight excluding hydrogens is 518 g/mol. The number of rotatable bonds is 7. The normalized spacial score (nSPS) is 29.8. The molecule has 2 aliphatic rings. The molecule has 8 nitrogen and oxygen atoms in total. The lowest BCUT2D eigenvalue weighted by Crippen LogP contribution is -2.60. The minimum absolute atomic E-state index is 0.190. The predicted molar refractivity (Wildman–Crippen MR) is 134 cm³/mol. The fraction of sp³-hybridized carbons (Fsp3) is 0.481. The summed E-state index contributed by atoms with van der Waals surface area (Å²) in [6.07, 6.45) is 0.463. The zero-order valence-corrected chi connectivity index (χ0v) is 22.3. The molecule has 3 atom stereocenters. The lowest BCUT2D eigenvalue weighted by molar-refractivity contribution is -0.152. The van der Waals surface area contributed by atoms with E-state index in [0.29, 0.717) is 18.4 Å². The van der Waals surface area contributed by atoms with E-state index in [1.807, 2.05) is 0 Å². The number of halogens is 2. The number of hydroxylamine groups is 1. The van der Waals surface area contributed by atoms with Gasteiger partial charge in [0.2, 0.25) is 10.0 Å². The molecule has 206 valence electrons. The third-order valence-corrected chi connectivity index (χ3v) is 10.3. The Kier molecular flexibility index (Phi) is 7.52. The van der Waals surface area contributed by atoms with Crippen LogP contribution in [-0.4, -0.2) is 46.4 Å². The SMILES string of the molecule is CC(C(=O)NO)C(=O)C1(c2cc(F)c(CN3[C@@H](C)CC[C@H](c4ccccc4)S3(=O)=O)cc2F)CC(C)(O)C1. The van der Waals surface area contributed by atoms with Crippen molar-refractivity contribution in [2.75, 3.05) is 0 Å². The minimum atomic E-state index is -3.89. The number of hydrogen-bond acceptors (Lipinski definition) is 6. The fourth-order valence-corrected chi connectivity index (χ4v) is 8.16. The zero-order valence-electron chi connectivity index (χ0n) is 21.4. The summed E-state index contributed by atoms with van der Waals surface area (Å²) in [5.74, 6) is -4.99. The number of carbonyl (C=O) groups is 2. The van der Waals surface area contributed by atoms with Crippen LogP contribution in [0.15, 0.2) is 42.5 Å². The first-order chi connectivity index (χ1) is 17.7. The summed E-state index contributed by atoms with van der Waals surface area (Å²) in [6.45, 7) is 4.01. The molecule has 0 spiro atoms. The molecule has 1 amide bonds. The molecule has 1 aliphatic heterocycles. The van der Waals surface area contributed by atoms with Gasteiger partial charge < -0.3 is 5.11 Å². The van der Waals surface area contributed by atoms with Crippen molar-refractivity contribution < 1.29 is 37.1 Å². The van der Waals surface area contributed by atoms with E-state index in [4.69, 9.17) is 5.21 Å². The molecule has 2 aromatic carbocycles. The maximum atomic E-state index is 15.6. The Bertz CT molecular complexity index is 1340. The van der Waals surface area contributed by atoms with Gasteiger partial charge in [0.25, 0.3) is 5.91 Å². The first kappa shape index (κ1) is 28.3. The van der Waals surface area contributed by atoms with Crippen LogP contribution in [0.2, 0.25) is 0 Å². The van der Waals surface area contributed by atoms with Crippen molar-refractivity contribution >= 4 is 21.7 Å². The van der Waals surface area contributed by atoms with Crippen molar-refractivity contribution in [1.82, 2.24) is 9.79 Å². The van der Waals surface area contributed by atoms with Gasteiger partial charge in [-0.2, -0.15) is 4.31 Å². The van der Waals surface area contributed by atoms with E-state index in [0.717, 1.165) is 12.1 Å². The first-order valence-electron chi connectivity index (χ1n) is 12.5. The standard InChI is InChI=1S/C27H32F2N2O6S/c1-16-9-10-23(18-7-5-4-6-8-18)38(36,37)31(16)13-19-11-22(29)20(12-21(19)28)27(14-26(3,34)15-27)24(32)17(2)25(33)30-35/h4-8,11-12,16-17,23,34-35H,9-10,13-15H2,1-3H3,(H,30,33)/t16-,17?,23+,26?,27?/m0/s1. The second kappa shape index (κ2) is 10.1. The van der Waals surface area contributed by atoms with Crippen molar-refractivity contribution in [3.8, 4) is 0 Å². The summed E-state index contributed by atoms with van der Waals surface area (Å²) >= 11 is 0. The molecule has 1 unspecified atom stereocenters. The molecule has 2 aromatic rings. The van der Waals surface area contributed by atoms with Crippen molar-refractivity contribution in [3.05, 3.63) is 70.8 Å². The smallest absolute Gasteiger partial charge is 0.253 e. The molecule has 0 radical (unpaired) electrons. The van der Waals surface area contributed by atoms with Crippen LogP contribution in [0.3, 0.4) is 0 Å². The Morgan fingerprint density at radius 2 is 1.76 bits per heavy atom. The van der Waals surface area contributed by atoms with Gasteiger partial charge in [0.1, 0.15) is 16.9 Å². The largest absolute Gasteiger partial charge is 0.390 e. The van der Waals surface area contributed by atoms with Crippen LogP contribution in [0.4, 0.5) is 8.78 Å². The Morgan fingerprint density at radius 1 is 1.13 bits per heavy atom. The average molecular weight is 551 g/mol. The number of sulfonamides is 1. The number of hydrogen-bond donors (Lipinski definition) is 3. The summed E-state index contributed by atoms with van der Waals surface area (Å²) in [5.41, 5.74) is -1.50. The highest BCUT2D eigenvalue weighted by molar-refractivity contribution is 7.89. The molecule has 1 aliphatic carbocycles. The molecule has 11 heteroatoms. The number of nitrogens with zero attached hydrogens (tertiary/aromatic N) is 1. The third-order valence-electron chi connectivity index (χ3n) is 7.91. The van der Waals surface area contributed by atoms with Crippen molar-refractivity contribution in [2.45, 2.75) is 75.3 Å². The number of nitrogens with one attached hydrogen (secondary N) is 1. The van der Waals surface area contributed by atoms with E-state index < -0.39 is 68.1 Å². The topological polar surface area (TPSA) is 124 Å². The maximum absolute atomic E-state index is 15.6. The highest BCUT2D eigenvalue weighted by Gasteiger charge is 2.59. The van der Waals surface area contributed by atoms with Crippen LogP contribution >= 0.6 is 0 Å². The minimum Gasteiger partial charge on any atom is -0.390 e. The van der Waals surface area contributed by atoms with Gasteiger partial charge in [0.05, 0.1) is 16.9 Å². The highest BCUT2D eigenvalue weighted by Crippen LogP contribution is 2.53. The summed E-state index contributed by atoms with van der Waals surface area (Å²) < 4.78 is 59.3. The zero-order chi connectivity index (χ0) is 28.0. The van der Waals surface area contributed by atoms with E-state index in [-0.39, 0.29) is 24.0 Å². The van der Waals surface area contributed by atoms with Gasteiger partial charge in [-0.15, -0.1) is 0 Å². The maximum Gasteiger partial charge on any atom is 0.253 e. The van der Waals surface area contributed by atoms with E-state index >= 15 is 8.78 Å². The number of ketones is 1. The molecule has 2 fully saturated rings. The highest BCUT2D eigenvalue weighted by atomic mass is 32.2. The van der Waals surface area contributed by atoms with Gasteiger partial charge in [-0.25, -0.2) is 22.7 Å². The molecule has 38 heavy (non-hydrogen) atoms. The third kappa shape index (κ3) is 4.88. The molecular formula is C27H32F2N2O6S. The summed E-state index contributed by atoms with van der Waals surface area (Å²) in [7, 11) is -3.89. The van der Waals surface area contributed by atoms with Gasteiger partial charge in [-0.1, -0.05) is 30.3 Å². The van der Waals surface area contributed by atoms with Gasteiger partial charge in [-0.3, -0.25) is 14.8 Å². The fourth-order valence-electron chi connectivity index (χ4n) is 5.97. The monoisotopic (exact) mass is 550 g/mol. The number of carbonyl (C=O) groups excluding carboxylic acids is 2. The van der Waals surface area contributed by atoms with E-state index in [1.54, 1.807) is 37.3 Å². The average Bonchev–Trinajstić information content (AvgIpc) is 2.85. The number of benzene rings is 2. The van der Waals surface area contributed by atoms with Crippen molar-refractivity contribution in [1.29, 1.82) is 0 Å². The summed E-state index contributed by atoms with van der Waals surface area (Å²) in [5, 5.41) is 18.5. The summed E-state index contributed by atoms with van der Waals surface area (Å²) in [4.78, 5) is 25.1. The van der Waals surface area contributed by atoms with Crippen molar-refractivity contribution in [3.63, 3.8) is 0 Å². The Labute approximate surface area is 220 Å². The number of Topliss-reactive ketones (excluding diaryl/α,β-unsaturated/α-hetero) is 1. The molecule has 0 bridgehead atoms. The lowest BCUT2D eigenvalue weighted by Gasteiger charge is -2.51. The molecule has 0 aromatic heterocycles. The quantitative estimate of drug-likeness (QED) is 0.275. The summed E-state index contributed by atoms with van der Waals surface area (Å²) in [6, 6.07) is 10.1. The number of aliphatic hydroxyl groups is 1. The van der Waals surface area contributed by atoms with Crippen molar-refractivity contribution in [2.24, 2.45) is 5.92 Å². The van der Waals surface area contributed by atoms with Crippen LogP contribution in [0.25, 0.3) is 0 Å². The van der Waals surface area contributed by atoms with Crippen LogP contribution in [-0.2, 0) is 31.6 Å². The first-order valence-corrected chi connectivity index (χ1v) is 14.0. The van der Waals surface area contributed by atoms with E-state index in [9.17, 15) is 23.1 Å². The van der Waals surface area contributed by atoms with Gasteiger partial charge >= 0.3 is 0 Å². The predicted octanol–water partition coefficient (Wildman–Crippen LogP) is 3.51. The molecule has 1 saturated carbocycles. The molecule has 3 N–H and O–H groups in total. The van der Waals surface area contributed by atoms with Crippen LogP contribution in [0, 0.1) is 17.6 Å². The lowest BCUT2D eigenvalue weighted by atomic mass is 9.53. The van der Waals surface area contributed by atoms with E-state index in [1.165, 1.54) is 23.6 Å². The molecule has 4 rings (SSSR count). The molecule has 1 heterocycles.